The average Bonchev–Trinajstić information content (AvgIpc) is 2.65. The van der Waals surface area contributed by atoms with Gasteiger partial charge < -0.3 is 24.8 Å². The second-order valence-electron chi connectivity index (χ2n) is 6.90. The number of benzene rings is 1. The summed E-state index contributed by atoms with van der Waals surface area (Å²) in [6.07, 6.45) is 1.76. The summed E-state index contributed by atoms with van der Waals surface area (Å²) < 4.78 is 16.5. The number of halogens is 1. The molecule has 0 radical (unpaired) electrons. The number of nitrogens with zero attached hydrogens (tertiary/aromatic N) is 2. The molecule has 8 heteroatoms. The lowest BCUT2D eigenvalue weighted by atomic mass is 10.1. The molecule has 1 heterocycles. The summed E-state index contributed by atoms with van der Waals surface area (Å²) in [5.41, 5.74) is 0.942. The van der Waals surface area contributed by atoms with Gasteiger partial charge >= 0.3 is 0 Å². The van der Waals surface area contributed by atoms with E-state index in [2.05, 4.69) is 41.4 Å². The molecule has 0 aliphatic heterocycles. The van der Waals surface area contributed by atoms with Gasteiger partial charge in [-0.1, -0.05) is 12.1 Å². The van der Waals surface area contributed by atoms with Crippen molar-refractivity contribution in [2.75, 3.05) is 21.3 Å². The van der Waals surface area contributed by atoms with Crippen molar-refractivity contribution in [2.45, 2.75) is 32.9 Å². The van der Waals surface area contributed by atoms with E-state index >= 15 is 0 Å². The van der Waals surface area contributed by atoms with E-state index < -0.39 is 0 Å². The number of nitrogens with one attached hydrogen (secondary N) is 2. The number of guanidine groups is 1. The first kappa shape index (κ1) is 23.8. The molecule has 2 rings (SSSR count). The maximum absolute atomic E-state index is 5.87. The van der Waals surface area contributed by atoms with E-state index in [4.69, 9.17) is 14.2 Å². The van der Waals surface area contributed by atoms with Crippen molar-refractivity contribution >= 4 is 29.9 Å². The van der Waals surface area contributed by atoms with Gasteiger partial charge in [0, 0.05) is 31.4 Å². The van der Waals surface area contributed by atoms with Gasteiger partial charge in [0.15, 0.2) is 17.5 Å². The van der Waals surface area contributed by atoms with Gasteiger partial charge in [-0.15, -0.1) is 24.0 Å². The number of para-hydroxylation sites is 1. The predicted octanol–water partition coefficient (Wildman–Crippen LogP) is 3.97. The van der Waals surface area contributed by atoms with E-state index in [0.29, 0.717) is 29.7 Å². The van der Waals surface area contributed by atoms with Crippen molar-refractivity contribution in [3.63, 3.8) is 0 Å². The minimum Gasteiger partial charge on any atom is -0.493 e. The van der Waals surface area contributed by atoms with Crippen molar-refractivity contribution in [2.24, 2.45) is 4.99 Å². The van der Waals surface area contributed by atoms with E-state index in [-0.39, 0.29) is 29.5 Å². The van der Waals surface area contributed by atoms with Crippen molar-refractivity contribution < 1.29 is 14.2 Å². The van der Waals surface area contributed by atoms with Gasteiger partial charge in [0.25, 0.3) is 0 Å². The topological polar surface area (TPSA) is 77.0 Å². The third kappa shape index (κ3) is 7.06. The van der Waals surface area contributed by atoms with Gasteiger partial charge in [-0.25, -0.2) is 4.98 Å². The van der Waals surface area contributed by atoms with E-state index in [1.54, 1.807) is 27.5 Å². The minimum atomic E-state index is -0.0639. The Morgan fingerprint density at radius 3 is 2.18 bits per heavy atom. The molecule has 0 unspecified atom stereocenters. The van der Waals surface area contributed by atoms with Crippen molar-refractivity contribution in [3.05, 3.63) is 42.1 Å². The third-order valence-electron chi connectivity index (χ3n) is 3.56. The van der Waals surface area contributed by atoms with Crippen LogP contribution in [0.3, 0.4) is 0 Å². The Kier molecular flexibility index (Phi) is 9.30. The van der Waals surface area contributed by atoms with E-state index in [1.807, 2.05) is 30.3 Å². The Labute approximate surface area is 183 Å². The molecule has 0 aliphatic rings. The number of hydrogen-bond donors (Lipinski definition) is 2. The third-order valence-corrected chi connectivity index (χ3v) is 3.56. The van der Waals surface area contributed by atoms with Crippen LogP contribution in [0, 0.1) is 0 Å². The first-order valence-corrected chi connectivity index (χ1v) is 8.69. The van der Waals surface area contributed by atoms with Crippen LogP contribution in [0.4, 0.5) is 0 Å². The average molecular weight is 500 g/mol. The molecule has 0 fully saturated rings. The van der Waals surface area contributed by atoms with Crippen LogP contribution >= 0.6 is 24.0 Å². The maximum atomic E-state index is 5.87. The smallest absolute Gasteiger partial charge is 0.219 e. The zero-order valence-corrected chi connectivity index (χ0v) is 19.5. The second kappa shape index (κ2) is 10.9. The van der Waals surface area contributed by atoms with E-state index in [0.717, 1.165) is 11.5 Å². The molecular weight excluding hydrogens is 471 g/mol. The van der Waals surface area contributed by atoms with Crippen molar-refractivity contribution in [3.8, 4) is 23.1 Å². The molecule has 0 saturated carbocycles. The fourth-order valence-electron chi connectivity index (χ4n) is 2.32. The highest BCUT2D eigenvalue weighted by Crippen LogP contribution is 2.39. The number of hydrogen-bond acceptors (Lipinski definition) is 5. The van der Waals surface area contributed by atoms with E-state index in [9.17, 15) is 0 Å². The van der Waals surface area contributed by atoms with Gasteiger partial charge in [0.2, 0.25) is 11.6 Å². The normalized spacial score (nSPS) is 11.3. The molecule has 0 amide bonds. The fraction of sp³-hybridized carbons (Fsp3) is 0.400. The molecule has 154 valence electrons. The quantitative estimate of drug-likeness (QED) is 0.355. The van der Waals surface area contributed by atoms with Gasteiger partial charge in [0.05, 0.1) is 14.2 Å². The summed E-state index contributed by atoms with van der Waals surface area (Å²) in [6, 6.07) is 9.21. The lowest BCUT2D eigenvalue weighted by molar-refractivity contribution is 0.342. The molecule has 0 bridgehead atoms. The number of rotatable bonds is 6. The van der Waals surface area contributed by atoms with Gasteiger partial charge in [-0.05, 0) is 38.5 Å². The first-order valence-electron chi connectivity index (χ1n) is 8.69. The molecule has 2 aromatic rings. The van der Waals surface area contributed by atoms with Crippen LogP contribution in [0.5, 0.6) is 23.1 Å². The van der Waals surface area contributed by atoms with Gasteiger partial charge in [0.1, 0.15) is 0 Å². The fourth-order valence-corrected chi connectivity index (χ4v) is 2.32. The van der Waals surface area contributed by atoms with Gasteiger partial charge in [-0.2, -0.15) is 0 Å². The SMILES string of the molecule is CN=C(NCc1ccc(Oc2c(OC)cccc2OC)nc1)NC(C)(C)C.I. The summed E-state index contributed by atoms with van der Waals surface area (Å²) in [5.74, 6) is 2.86. The summed E-state index contributed by atoms with van der Waals surface area (Å²) in [7, 11) is 4.92. The second-order valence-corrected chi connectivity index (χ2v) is 6.90. The lowest BCUT2D eigenvalue weighted by Gasteiger charge is -2.23. The molecule has 0 saturated heterocycles. The molecule has 0 atom stereocenters. The molecule has 1 aromatic carbocycles. The molecule has 0 spiro atoms. The Bertz CT molecular complexity index is 752. The molecule has 7 nitrogen and oxygen atoms in total. The van der Waals surface area contributed by atoms with Gasteiger partial charge in [-0.3, -0.25) is 4.99 Å². The first-order chi connectivity index (χ1) is 12.9. The van der Waals surface area contributed by atoms with Crippen molar-refractivity contribution in [1.29, 1.82) is 0 Å². The Morgan fingerprint density at radius 1 is 1.07 bits per heavy atom. The van der Waals surface area contributed by atoms with Crippen LogP contribution in [0.15, 0.2) is 41.5 Å². The van der Waals surface area contributed by atoms with Crippen LogP contribution in [0.1, 0.15) is 26.3 Å². The summed E-state index contributed by atoms with van der Waals surface area (Å²) in [6.45, 7) is 6.85. The Morgan fingerprint density at radius 2 is 1.71 bits per heavy atom. The Balaban J connectivity index is 0.00000392. The number of ether oxygens (including phenoxy) is 3. The standard InChI is InChI=1S/C20H28N4O3.HI/c1-20(2,3)24-19(21-4)23-13-14-10-11-17(22-12-14)27-18-15(25-5)8-7-9-16(18)26-6;/h7-12H,13H2,1-6H3,(H2,21,23,24);1H. The zero-order valence-electron chi connectivity index (χ0n) is 17.2. The summed E-state index contributed by atoms with van der Waals surface area (Å²) in [4.78, 5) is 8.59. The molecule has 28 heavy (non-hydrogen) atoms. The number of aromatic nitrogens is 1. The van der Waals surface area contributed by atoms with Crippen molar-refractivity contribution in [1.82, 2.24) is 15.6 Å². The highest BCUT2D eigenvalue weighted by molar-refractivity contribution is 14.0. The van der Waals surface area contributed by atoms with Crippen LogP contribution in [0.25, 0.3) is 0 Å². The van der Waals surface area contributed by atoms with Crippen LogP contribution in [-0.2, 0) is 6.54 Å². The summed E-state index contributed by atoms with van der Waals surface area (Å²) in [5, 5.41) is 6.58. The highest BCUT2D eigenvalue weighted by Gasteiger charge is 2.14. The van der Waals surface area contributed by atoms with E-state index in [1.165, 1.54) is 0 Å². The maximum Gasteiger partial charge on any atom is 0.219 e. The zero-order chi connectivity index (χ0) is 19.9. The molecule has 0 aliphatic carbocycles. The molecular formula is C20H29IN4O3. The number of methoxy groups -OCH3 is 2. The Hall–Kier alpha value is -2.23. The predicted molar refractivity (Wildman–Crippen MR) is 122 cm³/mol. The number of pyridine rings is 1. The monoisotopic (exact) mass is 500 g/mol. The largest absolute Gasteiger partial charge is 0.493 e. The molecule has 1 aromatic heterocycles. The van der Waals surface area contributed by atoms with Crippen LogP contribution < -0.4 is 24.8 Å². The highest BCUT2D eigenvalue weighted by atomic mass is 127. The molecule has 2 N–H and O–H groups in total. The minimum absolute atomic E-state index is 0. The lowest BCUT2D eigenvalue weighted by Crippen LogP contribution is -2.47. The van der Waals surface area contributed by atoms with Crippen LogP contribution in [-0.4, -0.2) is 37.7 Å². The van der Waals surface area contributed by atoms with Crippen LogP contribution in [0.2, 0.25) is 0 Å². The number of aliphatic imine (C=N–C) groups is 1. The summed E-state index contributed by atoms with van der Waals surface area (Å²) >= 11 is 0.